The first-order valence-electron chi connectivity index (χ1n) is 9.88. The third-order valence-electron chi connectivity index (χ3n) is 5.26. The standard InChI is InChI=1S/C21H29N3O5/c1-6-21(7-2)19(27)24(20(28)23-21)12-17(25)29-14(5)18(26)22-16-10-8-15(9-11-16)13(3)4/h8-11,13-14H,6-7,12H2,1-5H3,(H,22,26)(H,23,28)/t14-/m0/s1. The van der Waals surface area contributed by atoms with E-state index in [1.165, 1.54) is 6.92 Å². The number of carbonyl (C=O) groups excluding carboxylic acids is 4. The minimum Gasteiger partial charge on any atom is -0.451 e. The van der Waals surface area contributed by atoms with Crippen molar-refractivity contribution in [2.45, 2.75) is 65.0 Å². The summed E-state index contributed by atoms with van der Waals surface area (Å²) in [4.78, 5) is 49.9. The highest BCUT2D eigenvalue weighted by atomic mass is 16.5. The fourth-order valence-corrected chi connectivity index (χ4v) is 3.16. The lowest BCUT2D eigenvalue weighted by molar-refractivity contribution is -0.155. The van der Waals surface area contributed by atoms with Gasteiger partial charge in [-0.2, -0.15) is 0 Å². The summed E-state index contributed by atoms with van der Waals surface area (Å²) in [5.74, 6) is -1.39. The van der Waals surface area contributed by atoms with Gasteiger partial charge in [-0.1, -0.05) is 39.8 Å². The van der Waals surface area contributed by atoms with Crippen LogP contribution in [0.2, 0.25) is 0 Å². The molecule has 0 aromatic heterocycles. The number of nitrogens with zero attached hydrogens (tertiary/aromatic N) is 1. The van der Waals surface area contributed by atoms with Crippen molar-refractivity contribution in [1.82, 2.24) is 10.2 Å². The number of carbonyl (C=O) groups is 4. The summed E-state index contributed by atoms with van der Waals surface area (Å²) in [6.45, 7) is 8.64. The number of hydrogen-bond acceptors (Lipinski definition) is 5. The SMILES string of the molecule is CCC1(CC)NC(=O)N(CC(=O)O[C@@H](C)C(=O)Nc2ccc(C(C)C)cc2)C1=O. The van der Waals surface area contributed by atoms with Gasteiger partial charge in [0.05, 0.1) is 0 Å². The van der Waals surface area contributed by atoms with Gasteiger partial charge in [0.2, 0.25) is 0 Å². The summed E-state index contributed by atoms with van der Waals surface area (Å²) in [6, 6.07) is 6.77. The highest BCUT2D eigenvalue weighted by Crippen LogP contribution is 2.24. The van der Waals surface area contributed by atoms with Crippen LogP contribution < -0.4 is 10.6 Å². The largest absolute Gasteiger partial charge is 0.451 e. The van der Waals surface area contributed by atoms with E-state index in [4.69, 9.17) is 4.74 Å². The lowest BCUT2D eigenvalue weighted by atomic mass is 9.93. The molecule has 1 saturated heterocycles. The molecule has 4 amide bonds. The zero-order valence-corrected chi connectivity index (χ0v) is 17.6. The maximum atomic E-state index is 12.5. The molecule has 29 heavy (non-hydrogen) atoms. The second kappa shape index (κ2) is 9.07. The first-order chi connectivity index (χ1) is 13.6. The van der Waals surface area contributed by atoms with Gasteiger partial charge in [-0.05, 0) is 43.4 Å². The van der Waals surface area contributed by atoms with Crippen molar-refractivity contribution >= 4 is 29.5 Å². The van der Waals surface area contributed by atoms with Gasteiger partial charge >= 0.3 is 12.0 Å². The van der Waals surface area contributed by atoms with Crippen LogP contribution >= 0.6 is 0 Å². The van der Waals surface area contributed by atoms with E-state index in [1.807, 2.05) is 12.1 Å². The first kappa shape index (κ1) is 22.4. The number of hydrogen-bond donors (Lipinski definition) is 2. The van der Waals surface area contributed by atoms with E-state index in [0.29, 0.717) is 24.4 Å². The second-order valence-electron chi connectivity index (χ2n) is 7.51. The lowest BCUT2D eigenvalue weighted by Gasteiger charge is -2.23. The van der Waals surface area contributed by atoms with Crippen molar-refractivity contribution < 1.29 is 23.9 Å². The Morgan fingerprint density at radius 1 is 1.10 bits per heavy atom. The van der Waals surface area contributed by atoms with Crippen LogP contribution in [0.4, 0.5) is 10.5 Å². The molecule has 2 rings (SSSR count). The van der Waals surface area contributed by atoms with E-state index in [1.54, 1.807) is 26.0 Å². The van der Waals surface area contributed by atoms with Crippen molar-refractivity contribution in [3.63, 3.8) is 0 Å². The van der Waals surface area contributed by atoms with Crippen molar-refractivity contribution in [3.8, 4) is 0 Å². The van der Waals surface area contributed by atoms with Crippen LogP contribution in [-0.2, 0) is 19.1 Å². The highest BCUT2D eigenvalue weighted by Gasteiger charge is 2.49. The zero-order chi connectivity index (χ0) is 21.8. The number of rotatable bonds is 8. The Morgan fingerprint density at radius 3 is 2.17 bits per heavy atom. The third-order valence-corrected chi connectivity index (χ3v) is 5.26. The molecular weight excluding hydrogens is 374 g/mol. The monoisotopic (exact) mass is 403 g/mol. The van der Waals surface area contributed by atoms with Crippen molar-refractivity contribution in [2.75, 3.05) is 11.9 Å². The Balaban J connectivity index is 1.92. The predicted molar refractivity (Wildman–Crippen MR) is 108 cm³/mol. The Labute approximate surface area is 171 Å². The van der Waals surface area contributed by atoms with Gasteiger partial charge < -0.3 is 15.4 Å². The van der Waals surface area contributed by atoms with Gasteiger partial charge in [0.15, 0.2) is 6.10 Å². The highest BCUT2D eigenvalue weighted by molar-refractivity contribution is 6.08. The summed E-state index contributed by atoms with van der Waals surface area (Å²) in [7, 11) is 0. The quantitative estimate of drug-likeness (QED) is 0.513. The van der Waals surface area contributed by atoms with E-state index in [9.17, 15) is 19.2 Å². The Kier molecular flexibility index (Phi) is 7.00. The van der Waals surface area contributed by atoms with E-state index in [2.05, 4.69) is 24.5 Å². The van der Waals surface area contributed by atoms with Crippen molar-refractivity contribution in [2.24, 2.45) is 0 Å². The van der Waals surface area contributed by atoms with E-state index < -0.39 is 42.0 Å². The Bertz CT molecular complexity index is 784. The summed E-state index contributed by atoms with van der Waals surface area (Å²) in [5, 5.41) is 5.32. The van der Waals surface area contributed by atoms with Gasteiger partial charge in [0.25, 0.3) is 11.8 Å². The number of nitrogens with one attached hydrogen (secondary N) is 2. The van der Waals surface area contributed by atoms with Gasteiger partial charge in [0.1, 0.15) is 12.1 Å². The van der Waals surface area contributed by atoms with Gasteiger partial charge in [-0.3, -0.25) is 19.3 Å². The minimum absolute atomic E-state index is 0.379. The van der Waals surface area contributed by atoms with Crippen LogP contribution in [0.1, 0.15) is 58.9 Å². The minimum atomic E-state index is -1.07. The number of esters is 1. The molecular formula is C21H29N3O5. The molecule has 0 saturated carbocycles. The van der Waals surface area contributed by atoms with Gasteiger partial charge in [0, 0.05) is 5.69 Å². The van der Waals surface area contributed by atoms with E-state index in [0.717, 1.165) is 10.5 Å². The molecule has 1 aromatic carbocycles. The molecule has 1 fully saturated rings. The maximum absolute atomic E-state index is 12.5. The summed E-state index contributed by atoms with van der Waals surface area (Å²) in [6.07, 6.45) is -0.225. The number of urea groups is 1. The molecule has 8 nitrogen and oxygen atoms in total. The van der Waals surface area contributed by atoms with Crippen molar-refractivity contribution in [3.05, 3.63) is 29.8 Å². The number of ether oxygens (including phenoxy) is 1. The fraction of sp³-hybridized carbons (Fsp3) is 0.524. The molecule has 2 N–H and O–H groups in total. The topological polar surface area (TPSA) is 105 Å². The molecule has 0 radical (unpaired) electrons. The van der Waals surface area contributed by atoms with Gasteiger partial charge in [-0.25, -0.2) is 4.79 Å². The normalized spacial score (nSPS) is 16.6. The summed E-state index contributed by atoms with van der Waals surface area (Å²) in [5.41, 5.74) is 0.751. The average Bonchev–Trinajstić information content (AvgIpc) is 2.92. The van der Waals surface area contributed by atoms with Crippen molar-refractivity contribution in [1.29, 1.82) is 0 Å². The first-order valence-corrected chi connectivity index (χ1v) is 9.88. The third kappa shape index (κ3) is 4.93. The van der Waals surface area contributed by atoms with Crippen LogP contribution in [0, 0.1) is 0 Å². The molecule has 1 aromatic rings. The molecule has 0 bridgehead atoms. The van der Waals surface area contributed by atoms with Crippen LogP contribution in [0.5, 0.6) is 0 Å². The Hall–Kier alpha value is -2.90. The molecule has 1 aliphatic rings. The van der Waals surface area contributed by atoms with E-state index >= 15 is 0 Å². The average molecular weight is 403 g/mol. The smallest absolute Gasteiger partial charge is 0.327 e. The number of anilines is 1. The van der Waals surface area contributed by atoms with Crippen LogP contribution in [0.25, 0.3) is 0 Å². The van der Waals surface area contributed by atoms with Crippen LogP contribution in [0.15, 0.2) is 24.3 Å². The number of imide groups is 1. The second-order valence-corrected chi connectivity index (χ2v) is 7.51. The lowest BCUT2D eigenvalue weighted by Crippen LogP contribution is -2.46. The fourth-order valence-electron chi connectivity index (χ4n) is 3.16. The van der Waals surface area contributed by atoms with E-state index in [-0.39, 0.29) is 0 Å². The molecule has 158 valence electrons. The number of benzene rings is 1. The number of amides is 4. The molecule has 1 atom stereocenters. The summed E-state index contributed by atoms with van der Waals surface area (Å²) >= 11 is 0. The molecule has 0 unspecified atom stereocenters. The molecule has 0 aliphatic carbocycles. The predicted octanol–water partition coefficient (Wildman–Crippen LogP) is 2.79. The van der Waals surface area contributed by atoms with Gasteiger partial charge in [-0.15, -0.1) is 0 Å². The van der Waals surface area contributed by atoms with Crippen LogP contribution in [-0.4, -0.2) is 46.9 Å². The molecule has 1 heterocycles. The maximum Gasteiger partial charge on any atom is 0.327 e. The summed E-state index contributed by atoms with van der Waals surface area (Å²) < 4.78 is 5.12. The zero-order valence-electron chi connectivity index (χ0n) is 17.6. The molecule has 8 heteroatoms. The van der Waals surface area contributed by atoms with Crippen LogP contribution in [0.3, 0.4) is 0 Å². The Morgan fingerprint density at radius 2 is 1.69 bits per heavy atom. The molecule has 0 spiro atoms. The molecule has 1 aliphatic heterocycles.